The molecule has 2 rings (SSSR count). The minimum atomic E-state index is 0.0665. The summed E-state index contributed by atoms with van der Waals surface area (Å²) in [7, 11) is 0. The van der Waals surface area contributed by atoms with E-state index >= 15 is 0 Å². The Morgan fingerprint density at radius 3 is 2.32 bits per heavy atom. The van der Waals surface area contributed by atoms with Gasteiger partial charge in [0, 0.05) is 50.4 Å². The van der Waals surface area contributed by atoms with Gasteiger partial charge < -0.3 is 10.2 Å². The summed E-state index contributed by atoms with van der Waals surface area (Å²) in [5.74, 6) is 0.221. The van der Waals surface area contributed by atoms with Gasteiger partial charge in [0.15, 0.2) is 0 Å². The summed E-state index contributed by atoms with van der Waals surface area (Å²) >= 11 is 0. The number of rotatable bonds is 6. The van der Waals surface area contributed by atoms with E-state index in [-0.39, 0.29) is 17.9 Å². The standard InChI is InChI=1S/C18H29N3O/c1-15(2)18(22)19-16(3)9-10-20-11-13-21(14-12-20)17-7-5-4-6-8-17/h4-8,15-16H,9-14H2,1-3H3,(H,19,22). The van der Waals surface area contributed by atoms with Crippen LogP contribution < -0.4 is 10.2 Å². The molecule has 1 fully saturated rings. The fourth-order valence-corrected chi connectivity index (χ4v) is 2.73. The summed E-state index contributed by atoms with van der Waals surface area (Å²) in [6.07, 6.45) is 1.02. The summed E-state index contributed by atoms with van der Waals surface area (Å²) in [5, 5.41) is 3.08. The average Bonchev–Trinajstić information content (AvgIpc) is 2.54. The average molecular weight is 303 g/mol. The number of benzene rings is 1. The second-order valence-corrected chi connectivity index (χ2v) is 6.52. The molecule has 0 aliphatic carbocycles. The Morgan fingerprint density at radius 2 is 1.73 bits per heavy atom. The summed E-state index contributed by atoms with van der Waals surface area (Å²) < 4.78 is 0. The molecule has 1 aromatic rings. The molecule has 1 aliphatic rings. The zero-order valence-corrected chi connectivity index (χ0v) is 14.1. The van der Waals surface area contributed by atoms with E-state index < -0.39 is 0 Å². The lowest BCUT2D eigenvalue weighted by molar-refractivity contribution is -0.124. The number of nitrogens with zero attached hydrogens (tertiary/aromatic N) is 2. The van der Waals surface area contributed by atoms with Crippen LogP contribution in [0.2, 0.25) is 0 Å². The largest absolute Gasteiger partial charge is 0.369 e. The first-order valence-corrected chi connectivity index (χ1v) is 8.39. The number of hydrogen-bond acceptors (Lipinski definition) is 3. The van der Waals surface area contributed by atoms with Crippen molar-refractivity contribution in [2.45, 2.75) is 33.2 Å². The number of para-hydroxylation sites is 1. The van der Waals surface area contributed by atoms with Crippen LogP contribution in [0.1, 0.15) is 27.2 Å². The number of hydrogen-bond donors (Lipinski definition) is 1. The molecular formula is C18H29N3O. The van der Waals surface area contributed by atoms with Crippen LogP contribution in [0, 0.1) is 5.92 Å². The number of carbonyl (C=O) groups is 1. The van der Waals surface area contributed by atoms with Gasteiger partial charge in [-0.1, -0.05) is 32.0 Å². The Morgan fingerprint density at radius 1 is 1.09 bits per heavy atom. The third-order valence-corrected chi connectivity index (χ3v) is 4.29. The van der Waals surface area contributed by atoms with E-state index in [1.165, 1.54) is 5.69 Å². The van der Waals surface area contributed by atoms with E-state index in [9.17, 15) is 4.79 Å². The van der Waals surface area contributed by atoms with Crippen molar-refractivity contribution >= 4 is 11.6 Å². The number of piperazine rings is 1. The zero-order valence-electron chi connectivity index (χ0n) is 14.1. The predicted octanol–water partition coefficient (Wildman–Crippen LogP) is 2.36. The molecular weight excluding hydrogens is 274 g/mol. The quantitative estimate of drug-likeness (QED) is 0.876. The van der Waals surface area contributed by atoms with Gasteiger partial charge in [-0.15, -0.1) is 0 Å². The van der Waals surface area contributed by atoms with Crippen LogP contribution in [0.3, 0.4) is 0 Å². The highest BCUT2D eigenvalue weighted by Gasteiger charge is 2.18. The third-order valence-electron chi connectivity index (χ3n) is 4.29. The first kappa shape index (κ1) is 16.8. The van der Waals surface area contributed by atoms with Crippen molar-refractivity contribution in [2.24, 2.45) is 5.92 Å². The van der Waals surface area contributed by atoms with E-state index in [1.807, 2.05) is 13.8 Å². The van der Waals surface area contributed by atoms with Gasteiger partial charge in [0.1, 0.15) is 0 Å². The van der Waals surface area contributed by atoms with Crippen LogP contribution in [-0.2, 0) is 4.79 Å². The summed E-state index contributed by atoms with van der Waals surface area (Å²) in [6.45, 7) is 11.4. The van der Waals surface area contributed by atoms with E-state index in [0.29, 0.717) is 0 Å². The number of amides is 1. The molecule has 0 radical (unpaired) electrons. The fraction of sp³-hybridized carbons (Fsp3) is 0.611. The van der Waals surface area contributed by atoms with Crippen molar-refractivity contribution in [3.63, 3.8) is 0 Å². The first-order chi connectivity index (χ1) is 10.6. The Hall–Kier alpha value is -1.55. The number of nitrogens with one attached hydrogen (secondary N) is 1. The molecule has 1 aliphatic heterocycles. The summed E-state index contributed by atoms with van der Waals surface area (Å²) in [4.78, 5) is 16.6. The molecule has 1 saturated heterocycles. The molecule has 1 aromatic carbocycles. The molecule has 1 N–H and O–H groups in total. The lowest BCUT2D eigenvalue weighted by atomic mass is 10.1. The monoisotopic (exact) mass is 303 g/mol. The molecule has 0 saturated carbocycles. The highest BCUT2D eigenvalue weighted by molar-refractivity contribution is 5.78. The number of anilines is 1. The van der Waals surface area contributed by atoms with Crippen LogP contribution in [0.15, 0.2) is 30.3 Å². The van der Waals surface area contributed by atoms with E-state index in [4.69, 9.17) is 0 Å². The number of carbonyl (C=O) groups excluding carboxylic acids is 1. The van der Waals surface area contributed by atoms with Gasteiger partial charge in [0.2, 0.25) is 5.91 Å². The molecule has 4 nitrogen and oxygen atoms in total. The van der Waals surface area contributed by atoms with Crippen LogP contribution in [-0.4, -0.2) is 49.6 Å². The normalized spacial score (nSPS) is 17.5. The molecule has 0 aromatic heterocycles. The van der Waals surface area contributed by atoms with E-state index in [1.54, 1.807) is 0 Å². The van der Waals surface area contributed by atoms with Gasteiger partial charge in [-0.25, -0.2) is 0 Å². The van der Waals surface area contributed by atoms with E-state index in [2.05, 4.69) is 52.4 Å². The maximum atomic E-state index is 11.7. The van der Waals surface area contributed by atoms with Gasteiger partial charge >= 0.3 is 0 Å². The smallest absolute Gasteiger partial charge is 0.222 e. The zero-order chi connectivity index (χ0) is 15.9. The minimum Gasteiger partial charge on any atom is -0.369 e. The van der Waals surface area contributed by atoms with Crippen LogP contribution in [0.4, 0.5) is 5.69 Å². The molecule has 4 heteroatoms. The van der Waals surface area contributed by atoms with E-state index in [0.717, 1.165) is 39.1 Å². The lowest BCUT2D eigenvalue weighted by Gasteiger charge is -2.36. The maximum absolute atomic E-state index is 11.7. The second-order valence-electron chi connectivity index (χ2n) is 6.52. The second kappa shape index (κ2) is 8.18. The fourth-order valence-electron chi connectivity index (χ4n) is 2.73. The van der Waals surface area contributed by atoms with Gasteiger partial charge in [-0.2, -0.15) is 0 Å². The molecule has 22 heavy (non-hydrogen) atoms. The third kappa shape index (κ3) is 5.02. The highest BCUT2D eigenvalue weighted by Crippen LogP contribution is 2.15. The van der Waals surface area contributed by atoms with Crippen molar-refractivity contribution < 1.29 is 4.79 Å². The summed E-state index contributed by atoms with van der Waals surface area (Å²) in [6, 6.07) is 10.9. The SMILES string of the molecule is CC(CCN1CCN(c2ccccc2)CC1)NC(=O)C(C)C. The summed E-state index contributed by atoms with van der Waals surface area (Å²) in [5.41, 5.74) is 1.32. The molecule has 1 atom stereocenters. The maximum Gasteiger partial charge on any atom is 0.222 e. The van der Waals surface area contributed by atoms with Crippen LogP contribution in [0.5, 0.6) is 0 Å². The first-order valence-electron chi connectivity index (χ1n) is 8.39. The molecule has 1 amide bonds. The van der Waals surface area contributed by atoms with Crippen molar-refractivity contribution in [2.75, 3.05) is 37.6 Å². The molecule has 0 bridgehead atoms. The van der Waals surface area contributed by atoms with Crippen molar-refractivity contribution in [3.05, 3.63) is 30.3 Å². The minimum absolute atomic E-state index is 0.0665. The predicted molar refractivity (Wildman–Crippen MR) is 92.2 cm³/mol. The van der Waals surface area contributed by atoms with Gasteiger partial charge in [0.25, 0.3) is 0 Å². The van der Waals surface area contributed by atoms with Crippen molar-refractivity contribution in [1.82, 2.24) is 10.2 Å². The molecule has 122 valence electrons. The van der Waals surface area contributed by atoms with Crippen LogP contribution in [0.25, 0.3) is 0 Å². The lowest BCUT2D eigenvalue weighted by Crippen LogP contribution is -2.47. The van der Waals surface area contributed by atoms with Gasteiger partial charge in [-0.3, -0.25) is 9.69 Å². The van der Waals surface area contributed by atoms with Gasteiger partial charge in [-0.05, 0) is 25.5 Å². The van der Waals surface area contributed by atoms with Gasteiger partial charge in [0.05, 0.1) is 0 Å². The Labute approximate surface area is 134 Å². The van der Waals surface area contributed by atoms with Crippen molar-refractivity contribution in [1.29, 1.82) is 0 Å². The highest BCUT2D eigenvalue weighted by atomic mass is 16.1. The molecule has 1 heterocycles. The topological polar surface area (TPSA) is 35.6 Å². The molecule has 0 spiro atoms. The Kier molecular flexibility index (Phi) is 6.25. The van der Waals surface area contributed by atoms with Crippen LogP contribution >= 0.6 is 0 Å². The molecule has 1 unspecified atom stereocenters. The Bertz CT molecular complexity index is 453. The Balaban J connectivity index is 1.68. The van der Waals surface area contributed by atoms with Crippen molar-refractivity contribution in [3.8, 4) is 0 Å².